The highest BCUT2D eigenvalue weighted by molar-refractivity contribution is 5.79. The van der Waals surface area contributed by atoms with Crippen molar-refractivity contribution in [1.29, 1.82) is 0 Å². The first-order chi connectivity index (χ1) is 10.1. The van der Waals surface area contributed by atoms with Gasteiger partial charge in [-0.1, -0.05) is 0 Å². The van der Waals surface area contributed by atoms with Crippen molar-refractivity contribution in [1.82, 2.24) is 25.1 Å². The van der Waals surface area contributed by atoms with Gasteiger partial charge in [0.25, 0.3) is 0 Å². The number of amides is 3. The number of rotatable bonds is 4. The maximum absolute atomic E-state index is 12.1. The van der Waals surface area contributed by atoms with Crippen LogP contribution < -0.4 is 5.32 Å². The molecule has 0 spiro atoms. The minimum Gasteiger partial charge on any atom is -0.355 e. The largest absolute Gasteiger partial charge is 0.355 e. The molecule has 3 amide bonds. The standard InChI is InChI=1S/C14H23N5O2/c1-18(2)14(21)19-9-4-11(5-10-19)13(20)17-6-3-12-15-7-8-16-12/h7-8,11H,3-6,9-10H2,1-2H3,(H,15,16)(H,17,20). The van der Waals surface area contributed by atoms with Gasteiger partial charge in [-0.25, -0.2) is 9.78 Å². The Bertz CT molecular complexity index is 464. The smallest absolute Gasteiger partial charge is 0.319 e. The van der Waals surface area contributed by atoms with Gasteiger partial charge in [-0.2, -0.15) is 0 Å². The van der Waals surface area contributed by atoms with Gasteiger partial charge in [-0.3, -0.25) is 4.79 Å². The Morgan fingerprint density at radius 2 is 2.14 bits per heavy atom. The molecule has 2 N–H and O–H groups in total. The number of hydrogen-bond donors (Lipinski definition) is 2. The average Bonchev–Trinajstić information content (AvgIpc) is 2.99. The van der Waals surface area contributed by atoms with Crippen LogP contribution >= 0.6 is 0 Å². The van der Waals surface area contributed by atoms with Crippen LogP contribution in [-0.2, 0) is 11.2 Å². The van der Waals surface area contributed by atoms with Gasteiger partial charge < -0.3 is 20.1 Å². The quantitative estimate of drug-likeness (QED) is 0.846. The molecule has 0 radical (unpaired) electrons. The predicted octanol–water partition coefficient (Wildman–Crippen LogP) is 0.462. The van der Waals surface area contributed by atoms with Crippen molar-refractivity contribution < 1.29 is 9.59 Å². The van der Waals surface area contributed by atoms with E-state index in [1.165, 1.54) is 0 Å². The van der Waals surface area contributed by atoms with Crippen LogP contribution in [0.5, 0.6) is 0 Å². The molecule has 0 atom stereocenters. The van der Waals surface area contributed by atoms with Crippen LogP contribution in [0.3, 0.4) is 0 Å². The molecule has 1 saturated heterocycles. The molecule has 116 valence electrons. The number of likely N-dealkylation sites (tertiary alicyclic amines) is 1. The molecular weight excluding hydrogens is 270 g/mol. The number of nitrogens with one attached hydrogen (secondary N) is 2. The van der Waals surface area contributed by atoms with Gasteiger partial charge in [0.1, 0.15) is 5.82 Å². The fourth-order valence-electron chi connectivity index (χ4n) is 2.50. The lowest BCUT2D eigenvalue weighted by Gasteiger charge is -2.33. The highest BCUT2D eigenvalue weighted by Crippen LogP contribution is 2.18. The van der Waals surface area contributed by atoms with E-state index in [1.54, 1.807) is 36.3 Å². The van der Waals surface area contributed by atoms with Gasteiger partial charge in [0, 0.05) is 58.5 Å². The van der Waals surface area contributed by atoms with Crippen LogP contribution in [0.2, 0.25) is 0 Å². The molecule has 1 aliphatic rings. The topological polar surface area (TPSA) is 81.3 Å². The number of aromatic nitrogens is 2. The molecule has 0 aromatic carbocycles. The Morgan fingerprint density at radius 1 is 1.43 bits per heavy atom. The number of carbonyl (C=O) groups is 2. The van der Waals surface area contributed by atoms with E-state index in [-0.39, 0.29) is 17.9 Å². The average molecular weight is 293 g/mol. The molecule has 21 heavy (non-hydrogen) atoms. The fraction of sp³-hybridized carbons (Fsp3) is 0.643. The van der Waals surface area contributed by atoms with Crippen LogP contribution in [-0.4, -0.2) is 65.4 Å². The number of imidazole rings is 1. The van der Waals surface area contributed by atoms with Crippen LogP contribution in [0.25, 0.3) is 0 Å². The zero-order valence-electron chi connectivity index (χ0n) is 12.6. The second-order valence-electron chi connectivity index (χ2n) is 5.52. The Morgan fingerprint density at radius 3 is 2.71 bits per heavy atom. The third kappa shape index (κ3) is 4.21. The molecule has 7 nitrogen and oxygen atoms in total. The second kappa shape index (κ2) is 7.10. The van der Waals surface area contributed by atoms with Gasteiger partial charge >= 0.3 is 6.03 Å². The summed E-state index contributed by atoms with van der Waals surface area (Å²) in [5.41, 5.74) is 0. The highest BCUT2D eigenvalue weighted by atomic mass is 16.2. The molecule has 0 unspecified atom stereocenters. The van der Waals surface area contributed by atoms with E-state index in [1.807, 2.05) is 0 Å². The molecule has 2 rings (SSSR count). The number of piperidine rings is 1. The van der Waals surface area contributed by atoms with Gasteiger partial charge in [0.2, 0.25) is 5.91 Å². The lowest BCUT2D eigenvalue weighted by atomic mass is 9.96. The minimum absolute atomic E-state index is 0.00723. The normalized spacial score (nSPS) is 15.8. The lowest BCUT2D eigenvalue weighted by molar-refractivity contribution is -0.126. The summed E-state index contributed by atoms with van der Waals surface area (Å²) < 4.78 is 0. The second-order valence-corrected chi connectivity index (χ2v) is 5.52. The molecule has 1 fully saturated rings. The SMILES string of the molecule is CN(C)C(=O)N1CCC(C(=O)NCCc2ncc[nH]2)CC1. The van der Waals surface area contributed by atoms with Crippen molar-refractivity contribution in [3.8, 4) is 0 Å². The first-order valence-corrected chi connectivity index (χ1v) is 7.30. The Balaban J connectivity index is 1.69. The van der Waals surface area contributed by atoms with Crippen molar-refractivity contribution >= 4 is 11.9 Å². The summed E-state index contributed by atoms with van der Waals surface area (Å²) in [7, 11) is 3.49. The third-order valence-electron chi connectivity index (χ3n) is 3.73. The summed E-state index contributed by atoms with van der Waals surface area (Å²) in [6, 6.07) is 0.0201. The zero-order valence-corrected chi connectivity index (χ0v) is 12.6. The summed E-state index contributed by atoms with van der Waals surface area (Å²) in [5, 5.41) is 2.94. The van der Waals surface area contributed by atoms with Crippen molar-refractivity contribution in [3.05, 3.63) is 18.2 Å². The maximum atomic E-state index is 12.1. The first-order valence-electron chi connectivity index (χ1n) is 7.30. The van der Waals surface area contributed by atoms with Gasteiger partial charge in [0.05, 0.1) is 0 Å². The number of aromatic amines is 1. The molecule has 1 aromatic rings. The van der Waals surface area contributed by atoms with E-state index in [0.29, 0.717) is 26.1 Å². The van der Waals surface area contributed by atoms with Gasteiger partial charge in [-0.05, 0) is 12.8 Å². The molecule has 0 bridgehead atoms. The monoisotopic (exact) mass is 293 g/mol. The molecule has 7 heteroatoms. The van der Waals surface area contributed by atoms with Crippen LogP contribution in [0.15, 0.2) is 12.4 Å². The summed E-state index contributed by atoms with van der Waals surface area (Å²) >= 11 is 0. The van der Waals surface area contributed by atoms with E-state index in [4.69, 9.17) is 0 Å². The number of hydrogen-bond acceptors (Lipinski definition) is 3. The fourth-order valence-corrected chi connectivity index (χ4v) is 2.50. The molecule has 1 aromatic heterocycles. The van der Waals surface area contributed by atoms with Gasteiger partial charge in [-0.15, -0.1) is 0 Å². The summed E-state index contributed by atoms with van der Waals surface area (Å²) in [6.07, 6.45) is 5.64. The van der Waals surface area contributed by atoms with Crippen LogP contribution in [0, 0.1) is 5.92 Å². The summed E-state index contributed by atoms with van der Waals surface area (Å²) in [6.45, 7) is 1.88. The zero-order chi connectivity index (χ0) is 15.2. The number of urea groups is 1. The molecule has 2 heterocycles. The van der Waals surface area contributed by atoms with Crippen molar-refractivity contribution in [2.75, 3.05) is 33.7 Å². The summed E-state index contributed by atoms with van der Waals surface area (Å²) in [5.74, 6) is 0.966. The molecule has 0 aliphatic carbocycles. The summed E-state index contributed by atoms with van der Waals surface area (Å²) in [4.78, 5) is 34.4. The number of nitrogens with zero attached hydrogens (tertiary/aromatic N) is 3. The van der Waals surface area contributed by atoms with E-state index >= 15 is 0 Å². The van der Waals surface area contributed by atoms with Gasteiger partial charge in [0.15, 0.2) is 0 Å². The van der Waals surface area contributed by atoms with E-state index in [0.717, 1.165) is 18.7 Å². The Labute approximate surface area is 124 Å². The first kappa shape index (κ1) is 15.3. The minimum atomic E-state index is 0.00723. The van der Waals surface area contributed by atoms with Crippen LogP contribution in [0.4, 0.5) is 4.79 Å². The highest BCUT2D eigenvalue weighted by Gasteiger charge is 2.27. The van der Waals surface area contributed by atoms with E-state index in [9.17, 15) is 9.59 Å². The molecular formula is C14H23N5O2. The predicted molar refractivity (Wildman–Crippen MR) is 78.7 cm³/mol. The van der Waals surface area contributed by atoms with E-state index in [2.05, 4.69) is 15.3 Å². The lowest BCUT2D eigenvalue weighted by Crippen LogP contribution is -2.46. The number of carbonyl (C=O) groups excluding carboxylic acids is 2. The number of H-pyrrole nitrogens is 1. The maximum Gasteiger partial charge on any atom is 0.319 e. The van der Waals surface area contributed by atoms with Crippen molar-refractivity contribution in [2.45, 2.75) is 19.3 Å². The van der Waals surface area contributed by atoms with E-state index < -0.39 is 0 Å². The van der Waals surface area contributed by atoms with Crippen molar-refractivity contribution in [3.63, 3.8) is 0 Å². The molecule has 1 aliphatic heterocycles. The Kier molecular flexibility index (Phi) is 5.19. The van der Waals surface area contributed by atoms with Crippen molar-refractivity contribution in [2.24, 2.45) is 5.92 Å². The Hall–Kier alpha value is -2.05. The third-order valence-corrected chi connectivity index (χ3v) is 3.73. The molecule has 0 saturated carbocycles. The van der Waals surface area contributed by atoms with Crippen LogP contribution in [0.1, 0.15) is 18.7 Å².